The predicted molar refractivity (Wildman–Crippen MR) is 108 cm³/mol. The molecule has 0 bridgehead atoms. The van der Waals surface area contributed by atoms with Crippen LogP contribution in [0.25, 0.3) is 21.9 Å². The third kappa shape index (κ3) is 2.70. The molecule has 0 aliphatic carbocycles. The molecule has 2 N–H and O–H groups in total. The fourth-order valence-corrected chi connectivity index (χ4v) is 4.17. The highest BCUT2D eigenvalue weighted by Gasteiger charge is 2.33. The number of cyclic esters (lactones) is 1. The molecule has 30 heavy (non-hydrogen) atoms. The van der Waals surface area contributed by atoms with Crippen molar-refractivity contribution in [2.45, 2.75) is 26.7 Å². The van der Waals surface area contributed by atoms with Crippen molar-refractivity contribution >= 4 is 16.7 Å². The minimum atomic E-state index is -0.419. The standard InChI is InChI=1S/C23H20O7/c1-2-27-22-16-6-14(9-25)13(8-24)5-15(16)20(21-17(22)10-28-23(21)26)12-3-4-18-19(7-12)30-11-29-18/h3-7,24-25H,2,8-11H2,1H3. The van der Waals surface area contributed by atoms with Gasteiger partial charge in [-0.05, 0) is 53.3 Å². The highest BCUT2D eigenvalue weighted by molar-refractivity contribution is 6.13. The van der Waals surface area contributed by atoms with Gasteiger partial charge in [0.2, 0.25) is 6.79 Å². The summed E-state index contributed by atoms with van der Waals surface area (Å²) in [7, 11) is 0. The van der Waals surface area contributed by atoms with Crippen LogP contribution in [-0.2, 0) is 24.6 Å². The molecule has 0 spiro atoms. The summed E-state index contributed by atoms with van der Waals surface area (Å²) in [6.45, 7) is 2.10. The predicted octanol–water partition coefficient (Wildman–Crippen LogP) is 3.29. The molecule has 2 aliphatic rings. The van der Waals surface area contributed by atoms with Crippen LogP contribution >= 0.6 is 0 Å². The van der Waals surface area contributed by atoms with Crippen molar-refractivity contribution in [3.05, 3.63) is 52.6 Å². The summed E-state index contributed by atoms with van der Waals surface area (Å²) in [5.74, 6) is 1.39. The highest BCUT2D eigenvalue weighted by Crippen LogP contribution is 2.47. The second-order valence-corrected chi connectivity index (χ2v) is 7.12. The van der Waals surface area contributed by atoms with E-state index in [1.807, 2.05) is 31.2 Å². The smallest absolute Gasteiger partial charge is 0.339 e. The van der Waals surface area contributed by atoms with Crippen molar-refractivity contribution in [3.8, 4) is 28.4 Å². The number of aliphatic hydroxyl groups is 2. The van der Waals surface area contributed by atoms with E-state index in [1.165, 1.54) is 0 Å². The summed E-state index contributed by atoms with van der Waals surface area (Å²) in [4.78, 5) is 12.7. The van der Waals surface area contributed by atoms with E-state index in [0.29, 0.717) is 51.7 Å². The van der Waals surface area contributed by atoms with Gasteiger partial charge in [-0.15, -0.1) is 0 Å². The Bertz CT molecular complexity index is 1180. The number of hydrogen-bond donors (Lipinski definition) is 2. The number of carbonyl (C=O) groups is 1. The van der Waals surface area contributed by atoms with Crippen LogP contribution < -0.4 is 14.2 Å². The molecule has 3 aromatic rings. The van der Waals surface area contributed by atoms with Crippen molar-refractivity contribution in [1.29, 1.82) is 0 Å². The van der Waals surface area contributed by atoms with Crippen LogP contribution in [-0.4, -0.2) is 29.6 Å². The average molecular weight is 408 g/mol. The lowest BCUT2D eigenvalue weighted by atomic mass is 9.87. The lowest BCUT2D eigenvalue weighted by molar-refractivity contribution is 0.0534. The molecule has 0 atom stereocenters. The maximum atomic E-state index is 12.7. The molecule has 0 unspecified atom stereocenters. The van der Waals surface area contributed by atoms with Gasteiger partial charge in [0.25, 0.3) is 0 Å². The van der Waals surface area contributed by atoms with Crippen molar-refractivity contribution < 1.29 is 34.0 Å². The summed E-state index contributed by atoms with van der Waals surface area (Å²) >= 11 is 0. The Labute approximate surface area is 172 Å². The van der Waals surface area contributed by atoms with E-state index in [4.69, 9.17) is 18.9 Å². The van der Waals surface area contributed by atoms with Gasteiger partial charge in [0.15, 0.2) is 11.5 Å². The molecule has 2 aliphatic heterocycles. The maximum Gasteiger partial charge on any atom is 0.339 e. The highest BCUT2D eigenvalue weighted by atomic mass is 16.7. The van der Waals surface area contributed by atoms with Gasteiger partial charge in [0, 0.05) is 16.5 Å². The third-order valence-electron chi connectivity index (χ3n) is 5.52. The largest absolute Gasteiger partial charge is 0.493 e. The van der Waals surface area contributed by atoms with Gasteiger partial charge in [-0.1, -0.05) is 6.07 Å². The zero-order valence-electron chi connectivity index (χ0n) is 16.4. The van der Waals surface area contributed by atoms with Crippen LogP contribution in [0.15, 0.2) is 30.3 Å². The number of hydrogen-bond acceptors (Lipinski definition) is 7. The fraction of sp³-hybridized carbons (Fsp3) is 0.261. The number of carbonyl (C=O) groups excluding carboxylic acids is 1. The summed E-state index contributed by atoms with van der Waals surface area (Å²) in [5, 5.41) is 21.1. The van der Waals surface area contributed by atoms with Gasteiger partial charge < -0.3 is 29.2 Å². The van der Waals surface area contributed by atoms with E-state index in [2.05, 4.69) is 0 Å². The van der Waals surface area contributed by atoms with Crippen molar-refractivity contribution in [2.75, 3.05) is 13.4 Å². The van der Waals surface area contributed by atoms with E-state index < -0.39 is 5.97 Å². The molecule has 154 valence electrons. The zero-order valence-corrected chi connectivity index (χ0v) is 16.4. The minimum Gasteiger partial charge on any atom is -0.493 e. The van der Waals surface area contributed by atoms with E-state index in [-0.39, 0.29) is 26.6 Å². The molecule has 0 aromatic heterocycles. The topological polar surface area (TPSA) is 94.5 Å². The van der Waals surface area contributed by atoms with Gasteiger partial charge >= 0.3 is 5.97 Å². The molecule has 7 heteroatoms. The van der Waals surface area contributed by atoms with E-state index >= 15 is 0 Å². The maximum absolute atomic E-state index is 12.7. The molecule has 0 saturated heterocycles. The molecule has 3 aromatic carbocycles. The summed E-state index contributed by atoms with van der Waals surface area (Å²) < 4.78 is 22.2. The van der Waals surface area contributed by atoms with Crippen molar-refractivity contribution in [2.24, 2.45) is 0 Å². The van der Waals surface area contributed by atoms with Crippen LogP contribution in [0.3, 0.4) is 0 Å². The molecule has 2 heterocycles. The van der Waals surface area contributed by atoms with Crippen LogP contribution in [0.2, 0.25) is 0 Å². The SMILES string of the molecule is CCOc1c2c(c(-c3ccc4c(c3)OCO4)c3cc(CO)c(CO)cc13)C(=O)OC2. The first-order chi connectivity index (χ1) is 14.7. The first-order valence-corrected chi connectivity index (χ1v) is 9.72. The zero-order chi connectivity index (χ0) is 20.8. The van der Waals surface area contributed by atoms with Crippen LogP contribution in [0.4, 0.5) is 0 Å². The fourth-order valence-electron chi connectivity index (χ4n) is 4.17. The van der Waals surface area contributed by atoms with Gasteiger partial charge in [-0.2, -0.15) is 0 Å². The van der Waals surface area contributed by atoms with Crippen LogP contribution in [0.5, 0.6) is 17.2 Å². The van der Waals surface area contributed by atoms with Gasteiger partial charge in [-0.25, -0.2) is 4.79 Å². The van der Waals surface area contributed by atoms with E-state index in [9.17, 15) is 15.0 Å². The quantitative estimate of drug-likeness (QED) is 0.626. The molecule has 7 nitrogen and oxygen atoms in total. The Balaban J connectivity index is 1.90. The second kappa shape index (κ2) is 7.19. The Hall–Kier alpha value is -3.29. The van der Waals surface area contributed by atoms with Crippen molar-refractivity contribution in [3.63, 3.8) is 0 Å². The van der Waals surface area contributed by atoms with Crippen LogP contribution in [0, 0.1) is 0 Å². The van der Waals surface area contributed by atoms with Gasteiger partial charge in [0.1, 0.15) is 12.4 Å². The first-order valence-electron chi connectivity index (χ1n) is 9.72. The lowest BCUT2D eigenvalue weighted by Gasteiger charge is -2.19. The molecule has 0 saturated carbocycles. The second-order valence-electron chi connectivity index (χ2n) is 7.12. The Kier molecular flexibility index (Phi) is 4.49. The first kappa shape index (κ1) is 18.7. The minimum absolute atomic E-state index is 0.118. The normalized spacial score (nSPS) is 14.2. The monoisotopic (exact) mass is 408 g/mol. The van der Waals surface area contributed by atoms with E-state index in [1.54, 1.807) is 6.07 Å². The van der Waals surface area contributed by atoms with Crippen LogP contribution in [0.1, 0.15) is 34.0 Å². The molecule has 0 amide bonds. The summed E-state index contributed by atoms with van der Waals surface area (Å²) in [5.41, 5.74) is 3.77. The molecular formula is C23H20O7. The summed E-state index contributed by atoms with van der Waals surface area (Å²) in [6.07, 6.45) is 0. The van der Waals surface area contributed by atoms with Gasteiger partial charge in [0.05, 0.1) is 25.4 Å². The Morgan fingerprint density at radius 2 is 1.67 bits per heavy atom. The molecule has 5 rings (SSSR count). The number of benzene rings is 3. The number of rotatable bonds is 5. The molecule has 0 fully saturated rings. The lowest BCUT2D eigenvalue weighted by Crippen LogP contribution is -2.04. The summed E-state index contributed by atoms with van der Waals surface area (Å²) in [6, 6.07) is 9.12. The Morgan fingerprint density at radius 1 is 0.933 bits per heavy atom. The number of aliphatic hydroxyl groups excluding tert-OH is 2. The Morgan fingerprint density at radius 3 is 2.40 bits per heavy atom. The third-order valence-corrected chi connectivity index (χ3v) is 5.52. The van der Waals surface area contributed by atoms with E-state index in [0.717, 1.165) is 16.3 Å². The number of ether oxygens (including phenoxy) is 4. The van der Waals surface area contributed by atoms with Crippen molar-refractivity contribution in [1.82, 2.24) is 0 Å². The molecular weight excluding hydrogens is 388 g/mol. The average Bonchev–Trinajstić information content (AvgIpc) is 3.39. The van der Waals surface area contributed by atoms with Gasteiger partial charge in [-0.3, -0.25) is 0 Å². The number of fused-ring (bicyclic) bond motifs is 3. The number of esters is 1. The molecule has 0 radical (unpaired) electrons.